The Labute approximate surface area is 154 Å². The van der Waals surface area contributed by atoms with E-state index in [-0.39, 0.29) is 23.6 Å². The Morgan fingerprint density at radius 3 is 2.56 bits per heavy atom. The standard InChI is InChI=1S/C19H18N4O4/c1-21-17(14-4-3-5-15(10-14)23(25)26)11-22(19(21)20)12-18(24)13-6-8-16(27-2)9-7-13/h3-11,20H,12H2,1-2H3. The number of carbonyl (C=O) groups is 1. The molecule has 0 aliphatic heterocycles. The number of nitro groups is 1. The number of nitrogens with zero attached hydrogens (tertiary/aromatic N) is 3. The summed E-state index contributed by atoms with van der Waals surface area (Å²) in [6, 6.07) is 13.0. The lowest BCUT2D eigenvalue weighted by Crippen LogP contribution is -2.25. The summed E-state index contributed by atoms with van der Waals surface area (Å²) in [6.45, 7) is -0.00602. The fourth-order valence-electron chi connectivity index (χ4n) is 2.79. The Morgan fingerprint density at radius 1 is 1.22 bits per heavy atom. The van der Waals surface area contributed by atoms with Crippen molar-refractivity contribution in [2.24, 2.45) is 7.05 Å². The van der Waals surface area contributed by atoms with Gasteiger partial charge in [0, 0.05) is 36.5 Å². The van der Waals surface area contributed by atoms with Gasteiger partial charge in [-0.1, -0.05) is 12.1 Å². The molecular formula is C19H18N4O4. The van der Waals surface area contributed by atoms with E-state index < -0.39 is 4.92 Å². The van der Waals surface area contributed by atoms with Crippen LogP contribution in [-0.2, 0) is 13.6 Å². The Bertz CT molecular complexity index is 1060. The van der Waals surface area contributed by atoms with Gasteiger partial charge in [-0.05, 0) is 24.3 Å². The summed E-state index contributed by atoms with van der Waals surface area (Å²) in [7, 11) is 3.24. The minimum atomic E-state index is -0.463. The van der Waals surface area contributed by atoms with Crippen LogP contribution in [0.25, 0.3) is 11.3 Å². The van der Waals surface area contributed by atoms with E-state index in [0.29, 0.717) is 22.6 Å². The first kappa shape index (κ1) is 18.1. The number of methoxy groups -OCH3 is 1. The number of ketones is 1. The lowest BCUT2D eigenvalue weighted by molar-refractivity contribution is -0.384. The highest BCUT2D eigenvalue weighted by atomic mass is 16.6. The molecule has 0 aliphatic rings. The number of ether oxygens (including phenoxy) is 1. The lowest BCUT2D eigenvalue weighted by Gasteiger charge is -2.04. The number of nitrogens with one attached hydrogen (secondary N) is 1. The second kappa shape index (κ2) is 7.28. The van der Waals surface area contributed by atoms with E-state index >= 15 is 0 Å². The van der Waals surface area contributed by atoms with E-state index in [1.165, 1.54) is 16.7 Å². The smallest absolute Gasteiger partial charge is 0.270 e. The molecule has 0 saturated heterocycles. The summed E-state index contributed by atoms with van der Waals surface area (Å²) >= 11 is 0. The first-order chi connectivity index (χ1) is 12.9. The molecule has 1 aromatic heterocycles. The molecule has 0 radical (unpaired) electrons. The minimum absolute atomic E-state index is 0.00602. The Kier molecular flexibility index (Phi) is 4.89. The number of hydrogen-bond acceptors (Lipinski definition) is 5. The average Bonchev–Trinajstić information content (AvgIpc) is 2.96. The van der Waals surface area contributed by atoms with Crippen LogP contribution >= 0.6 is 0 Å². The van der Waals surface area contributed by atoms with Crippen LogP contribution in [0.3, 0.4) is 0 Å². The molecule has 1 heterocycles. The number of non-ortho nitro benzene ring substituents is 1. The van der Waals surface area contributed by atoms with E-state index in [1.807, 2.05) is 0 Å². The predicted octanol–water partition coefficient (Wildman–Crippen LogP) is 2.77. The molecule has 0 fully saturated rings. The number of nitro benzene ring substituents is 1. The number of carbonyl (C=O) groups excluding carboxylic acids is 1. The van der Waals surface area contributed by atoms with Gasteiger partial charge in [0.15, 0.2) is 5.78 Å². The van der Waals surface area contributed by atoms with Gasteiger partial charge >= 0.3 is 0 Å². The van der Waals surface area contributed by atoms with Gasteiger partial charge in [0.25, 0.3) is 5.69 Å². The molecule has 0 amide bonds. The van der Waals surface area contributed by atoms with Crippen molar-refractivity contribution in [1.82, 2.24) is 9.13 Å². The second-order valence-electron chi connectivity index (χ2n) is 5.98. The topological polar surface area (TPSA) is 103 Å². The van der Waals surface area contributed by atoms with Crippen molar-refractivity contribution in [3.63, 3.8) is 0 Å². The molecule has 0 saturated carbocycles. The zero-order chi connectivity index (χ0) is 19.6. The Balaban J connectivity index is 1.91. The molecule has 3 rings (SSSR count). The Hall–Kier alpha value is -3.68. The number of Topliss-reactive ketones (excluding diaryl/α,β-unsaturated/α-hetero) is 1. The number of benzene rings is 2. The average molecular weight is 366 g/mol. The number of hydrogen-bond donors (Lipinski definition) is 1. The fraction of sp³-hybridized carbons (Fsp3) is 0.158. The van der Waals surface area contributed by atoms with Crippen molar-refractivity contribution in [3.05, 3.63) is 76.0 Å². The van der Waals surface area contributed by atoms with Crippen molar-refractivity contribution < 1.29 is 14.5 Å². The molecule has 0 atom stereocenters. The zero-order valence-electron chi connectivity index (χ0n) is 14.9. The number of imidazole rings is 1. The first-order valence-electron chi connectivity index (χ1n) is 8.13. The van der Waals surface area contributed by atoms with Gasteiger partial charge in [-0.2, -0.15) is 0 Å². The third-order valence-corrected chi connectivity index (χ3v) is 4.31. The van der Waals surface area contributed by atoms with Gasteiger partial charge in [0.05, 0.1) is 24.3 Å². The van der Waals surface area contributed by atoms with Crippen LogP contribution < -0.4 is 10.4 Å². The molecule has 2 aromatic carbocycles. The molecule has 0 bridgehead atoms. The van der Waals surface area contributed by atoms with Crippen molar-refractivity contribution in [2.45, 2.75) is 6.54 Å². The zero-order valence-corrected chi connectivity index (χ0v) is 14.9. The van der Waals surface area contributed by atoms with Crippen molar-refractivity contribution in [1.29, 1.82) is 5.41 Å². The molecule has 0 spiro atoms. The van der Waals surface area contributed by atoms with Gasteiger partial charge in [0.2, 0.25) is 5.62 Å². The van der Waals surface area contributed by atoms with Gasteiger partial charge in [0.1, 0.15) is 5.75 Å². The maximum atomic E-state index is 12.5. The van der Waals surface area contributed by atoms with Crippen LogP contribution in [0.1, 0.15) is 10.4 Å². The Morgan fingerprint density at radius 2 is 1.93 bits per heavy atom. The largest absolute Gasteiger partial charge is 0.497 e. The summed E-state index contributed by atoms with van der Waals surface area (Å²) < 4.78 is 8.18. The summed E-state index contributed by atoms with van der Waals surface area (Å²) in [6.07, 6.45) is 1.66. The monoisotopic (exact) mass is 366 g/mol. The normalized spacial score (nSPS) is 10.6. The predicted molar refractivity (Wildman–Crippen MR) is 98.7 cm³/mol. The fourth-order valence-corrected chi connectivity index (χ4v) is 2.79. The van der Waals surface area contributed by atoms with E-state index in [1.54, 1.807) is 61.3 Å². The number of rotatable bonds is 6. The van der Waals surface area contributed by atoms with Crippen LogP contribution in [-0.4, -0.2) is 27.0 Å². The molecule has 1 N–H and O–H groups in total. The minimum Gasteiger partial charge on any atom is -0.497 e. The highest BCUT2D eigenvalue weighted by Gasteiger charge is 2.14. The molecule has 0 aliphatic carbocycles. The van der Waals surface area contributed by atoms with Crippen molar-refractivity contribution in [2.75, 3.05) is 7.11 Å². The SMILES string of the molecule is COc1ccc(C(=O)Cn2cc(-c3cccc([N+](=O)[O-])c3)n(C)c2=N)cc1. The summed E-state index contributed by atoms with van der Waals surface area (Å²) in [4.78, 5) is 23.1. The first-order valence-corrected chi connectivity index (χ1v) is 8.13. The quantitative estimate of drug-likeness (QED) is 0.411. The molecule has 138 valence electrons. The molecular weight excluding hydrogens is 348 g/mol. The molecule has 8 heteroatoms. The summed E-state index contributed by atoms with van der Waals surface area (Å²) in [5.74, 6) is 0.514. The third-order valence-electron chi connectivity index (χ3n) is 4.31. The highest BCUT2D eigenvalue weighted by Crippen LogP contribution is 2.23. The maximum Gasteiger partial charge on any atom is 0.270 e. The summed E-state index contributed by atoms with van der Waals surface area (Å²) in [5, 5.41) is 19.2. The third kappa shape index (κ3) is 3.64. The molecule has 27 heavy (non-hydrogen) atoms. The van der Waals surface area contributed by atoms with Crippen LogP contribution in [0, 0.1) is 15.5 Å². The van der Waals surface area contributed by atoms with Crippen molar-refractivity contribution in [3.8, 4) is 17.0 Å². The number of aromatic nitrogens is 2. The van der Waals surface area contributed by atoms with Crippen molar-refractivity contribution >= 4 is 11.5 Å². The maximum absolute atomic E-state index is 12.5. The van der Waals surface area contributed by atoms with Gasteiger partial charge in [-0.15, -0.1) is 0 Å². The van der Waals surface area contributed by atoms with E-state index in [4.69, 9.17) is 10.1 Å². The van der Waals surface area contributed by atoms with Crippen LogP contribution in [0.15, 0.2) is 54.7 Å². The molecule has 8 nitrogen and oxygen atoms in total. The highest BCUT2D eigenvalue weighted by molar-refractivity contribution is 5.96. The second-order valence-corrected chi connectivity index (χ2v) is 5.98. The van der Waals surface area contributed by atoms with Gasteiger partial charge < -0.3 is 13.9 Å². The van der Waals surface area contributed by atoms with Gasteiger partial charge in [-0.3, -0.25) is 20.3 Å². The van der Waals surface area contributed by atoms with Crippen LogP contribution in [0.2, 0.25) is 0 Å². The van der Waals surface area contributed by atoms with Crippen LogP contribution in [0.5, 0.6) is 5.75 Å². The van der Waals surface area contributed by atoms with Crippen LogP contribution in [0.4, 0.5) is 5.69 Å². The van der Waals surface area contributed by atoms with E-state index in [9.17, 15) is 14.9 Å². The molecule has 3 aromatic rings. The van der Waals surface area contributed by atoms with E-state index in [2.05, 4.69) is 0 Å². The molecule has 0 unspecified atom stereocenters. The van der Waals surface area contributed by atoms with Gasteiger partial charge in [-0.25, -0.2) is 0 Å². The lowest BCUT2D eigenvalue weighted by atomic mass is 10.1. The summed E-state index contributed by atoms with van der Waals surface area (Å²) in [5.41, 5.74) is 1.84. The van der Waals surface area contributed by atoms with E-state index in [0.717, 1.165) is 0 Å².